The van der Waals surface area contributed by atoms with Gasteiger partial charge in [-0.2, -0.15) is 10.5 Å². The molecule has 0 amide bonds. The average Bonchev–Trinajstić information content (AvgIpc) is 3.64. The lowest BCUT2D eigenvalue weighted by atomic mass is 9.96. The molecule has 0 radical (unpaired) electrons. The van der Waals surface area contributed by atoms with E-state index in [2.05, 4.69) is 47.0 Å². The predicted molar refractivity (Wildman–Crippen MR) is 236 cm³/mol. The maximum absolute atomic E-state index is 14.8. The molecule has 0 atom stereocenters. The third-order valence-electron chi connectivity index (χ3n) is 10.8. The van der Waals surface area contributed by atoms with Crippen LogP contribution < -0.4 is 0 Å². The van der Waals surface area contributed by atoms with Crippen LogP contribution in [-0.2, 0) is 0 Å². The van der Waals surface area contributed by atoms with Gasteiger partial charge < -0.3 is 4.57 Å². The average molecular weight is 771 g/mol. The van der Waals surface area contributed by atoms with Crippen LogP contribution >= 0.6 is 0 Å². The summed E-state index contributed by atoms with van der Waals surface area (Å²) < 4.78 is 17.0. The summed E-state index contributed by atoms with van der Waals surface area (Å²) in [4.78, 5) is 15.2. The zero-order valence-electron chi connectivity index (χ0n) is 32.0. The molecule has 0 unspecified atom stereocenters. The van der Waals surface area contributed by atoms with Gasteiger partial charge in [0.15, 0.2) is 17.5 Å². The van der Waals surface area contributed by atoms with Gasteiger partial charge in [0.2, 0.25) is 0 Å². The molecule has 8 aromatic carbocycles. The van der Waals surface area contributed by atoms with Crippen LogP contribution in [0.15, 0.2) is 188 Å². The SMILES string of the molecule is N#Cc1ccccc1-c1ccc2c(c1)c1cc(-c3ccccc3C#N)ccc1n2-c1cc(-c2cccc(F)c2)ccc1-c1nc(-c2ccccc2)nc(-c2ccccc2)n1. The van der Waals surface area contributed by atoms with Gasteiger partial charge in [-0.3, -0.25) is 0 Å². The van der Waals surface area contributed by atoms with E-state index in [1.54, 1.807) is 6.07 Å². The molecule has 6 nitrogen and oxygen atoms in total. The Morgan fingerprint density at radius 3 is 1.38 bits per heavy atom. The molecular formula is C53H31FN6. The first-order valence-corrected chi connectivity index (χ1v) is 19.4. The van der Waals surface area contributed by atoms with Gasteiger partial charge in [-0.25, -0.2) is 19.3 Å². The molecule has 0 aliphatic rings. The van der Waals surface area contributed by atoms with E-state index in [0.717, 1.165) is 77.6 Å². The van der Waals surface area contributed by atoms with Gasteiger partial charge in [0.1, 0.15) is 5.82 Å². The number of aromatic nitrogens is 4. The molecule has 2 heterocycles. The summed E-state index contributed by atoms with van der Waals surface area (Å²) in [6.07, 6.45) is 0. The lowest BCUT2D eigenvalue weighted by molar-refractivity contribution is 0.628. The number of rotatable bonds is 7. The number of nitrogens with zero attached hydrogens (tertiary/aromatic N) is 6. The van der Waals surface area contributed by atoms with E-state index in [1.807, 2.05) is 140 Å². The zero-order valence-corrected chi connectivity index (χ0v) is 32.0. The lowest BCUT2D eigenvalue weighted by Crippen LogP contribution is -2.04. The van der Waals surface area contributed by atoms with Crippen molar-refractivity contribution in [1.29, 1.82) is 10.5 Å². The molecule has 0 aliphatic heterocycles. The summed E-state index contributed by atoms with van der Waals surface area (Å²) in [5, 5.41) is 22.0. The maximum Gasteiger partial charge on any atom is 0.166 e. The van der Waals surface area contributed by atoms with Crippen molar-refractivity contribution in [2.75, 3.05) is 0 Å². The standard InChI is InChI=1S/C53H31FN6/c54-42-19-11-18-36(28-42)37-22-25-45(53-58-51(34-12-3-1-4-13-34)57-52(59-53)35-14-5-2-6-15-35)50(31-37)60-48-26-23-38(43-20-9-7-16-40(43)32-55)29-46(48)47-30-39(24-27-49(47)60)44-21-10-8-17-41(44)33-56/h1-31H. The number of benzene rings is 8. The van der Waals surface area contributed by atoms with Crippen LogP contribution in [-0.4, -0.2) is 19.5 Å². The smallest absolute Gasteiger partial charge is 0.166 e. The molecule has 2 aromatic heterocycles. The summed E-state index contributed by atoms with van der Waals surface area (Å²) in [5.74, 6) is 1.20. The second-order valence-corrected chi connectivity index (χ2v) is 14.4. The molecule has 0 saturated heterocycles. The van der Waals surface area contributed by atoms with E-state index >= 15 is 0 Å². The molecule has 0 aliphatic carbocycles. The first-order chi connectivity index (χ1) is 29.6. The van der Waals surface area contributed by atoms with Gasteiger partial charge in [-0.15, -0.1) is 0 Å². The second kappa shape index (κ2) is 15.1. The van der Waals surface area contributed by atoms with Crippen LogP contribution in [0, 0.1) is 28.5 Å². The van der Waals surface area contributed by atoms with E-state index in [9.17, 15) is 14.9 Å². The van der Waals surface area contributed by atoms with Gasteiger partial charge in [0, 0.05) is 27.5 Å². The fourth-order valence-electron chi connectivity index (χ4n) is 7.96. The van der Waals surface area contributed by atoms with Gasteiger partial charge in [-0.05, 0) is 94.0 Å². The minimum absolute atomic E-state index is 0.331. The molecule has 0 fully saturated rings. The second-order valence-electron chi connectivity index (χ2n) is 14.4. The normalized spacial score (nSPS) is 11.1. The number of hydrogen-bond donors (Lipinski definition) is 0. The van der Waals surface area contributed by atoms with E-state index < -0.39 is 0 Å². The Balaban J connectivity index is 1.30. The van der Waals surface area contributed by atoms with Crippen LogP contribution in [0.1, 0.15) is 11.1 Å². The van der Waals surface area contributed by atoms with Crippen molar-refractivity contribution in [2.24, 2.45) is 0 Å². The largest absolute Gasteiger partial charge is 0.308 e. The first kappa shape index (κ1) is 35.9. The number of nitriles is 2. The van der Waals surface area contributed by atoms with Crippen molar-refractivity contribution < 1.29 is 4.39 Å². The van der Waals surface area contributed by atoms with Crippen LogP contribution in [0.25, 0.3) is 95.0 Å². The van der Waals surface area contributed by atoms with Gasteiger partial charge in [0.05, 0.1) is 40.0 Å². The summed E-state index contributed by atoms with van der Waals surface area (Å²) in [6, 6.07) is 64.7. The zero-order chi connectivity index (χ0) is 40.6. The van der Waals surface area contributed by atoms with E-state index in [1.165, 1.54) is 12.1 Å². The third kappa shape index (κ3) is 6.43. The molecule has 10 aromatic rings. The van der Waals surface area contributed by atoms with Crippen molar-refractivity contribution in [3.05, 3.63) is 205 Å². The Hall–Kier alpha value is -8.52. The Kier molecular flexibility index (Phi) is 9.02. The van der Waals surface area contributed by atoms with E-state index in [-0.39, 0.29) is 5.82 Å². The fourth-order valence-corrected chi connectivity index (χ4v) is 7.96. The number of fused-ring (bicyclic) bond motifs is 3. The van der Waals surface area contributed by atoms with Crippen molar-refractivity contribution in [3.8, 4) is 85.4 Å². The molecule has 0 N–H and O–H groups in total. The summed E-state index contributed by atoms with van der Waals surface area (Å²) in [7, 11) is 0. The summed E-state index contributed by atoms with van der Waals surface area (Å²) in [5.41, 5.74) is 11.1. The molecule has 60 heavy (non-hydrogen) atoms. The third-order valence-corrected chi connectivity index (χ3v) is 10.8. The van der Waals surface area contributed by atoms with Crippen molar-refractivity contribution in [3.63, 3.8) is 0 Å². The van der Waals surface area contributed by atoms with Crippen molar-refractivity contribution >= 4 is 21.8 Å². The van der Waals surface area contributed by atoms with Crippen molar-refractivity contribution in [1.82, 2.24) is 19.5 Å². The van der Waals surface area contributed by atoms with Crippen LogP contribution in [0.4, 0.5) is 4.39 Å². The Morgan fingerprint density at radius 1 is 0.383 bits per heavy atom. The van der Waals surface area contributed by atoms with E-state index in [4.69, 9.17) is 15.0 Å². The number of halogens is 1. The lowest BCUT2D eigenvalue weighted by Gasteiger charge is -2.17. The molecule has 0 saturated carbocycles. The summed E-state index contributed by atoms with van der Waals surface area (Å²) in [6.45, 7) is 0. The Bertz CT molecular complexity index is 3190. The highest BCUT2D eigenvalue weighted by Crippen LogP contribution is 2.41. The monoisotopic (exact) mass is 770 g/mol. The highest BCUT2D eigenvalue weighted by molar-refractivity contribution is 6.12. The van der Waals surface area contributed by atoms with Crippen LogP contribution in [0.2, 0.25) is 0 Å². The van der Waals surface area contributed by atoms with Crippen molar-refractivity contribution in [2.45, 2.75) is 0 Å². The summed E-state index contributed by atoms with van der Waals surface area (Å²) >= 11 is 0. The van der Waals surface area contributed by atoms with E-state index in [0.29, 0.717) is 28.6 Å². The van der Waals surface area contributed by atoms with Gasteiger partial charge >= 0.3 is 0 Å². The Morgan fingerprint density at radius 2 is 0.850 bits per heavy atom. The molecule has 0 spiro atoms. The predicted octanol–water partition coefficient (Wildman–Crippen LogP) is 12.9. The molecule has 10 rings (SSSR count). The highest BCUT2D eigenvalue weighted by atomic mass is 19.1. The molecule has 0 bridgehead atoms. The highest BCUT2D eigenvalue weighted by Gasteiger charge is 2.22. The minimum Gasteiger partial charge on any atom is -0.308 e. The van der Waals surface area contributed by atoms with Gasteiger partial charge in [-0.1, -0.05) is 127 Å². The maximum atomic E-state index is 14.8. The van der Waals surface area contributed by atoms with Crippen LogP contribution in [0.5, 0.6) is 0 Å². The minimum atomic E-state index is -0.331. The molecule has 280 valence electrons. The topological polar surface area (TPSA) is 91.2 Å². The first-order valence-electron chi connectivity index (χ1n) is 19.4. The van der Waals surface area contributed by atoms with Crippen LogP contribution in [0.3, 0.4) is 0 Å². The Labute approximate surface area is 345 Å². The fraction of sp³-hybridized carbons (Fsp3) is 0. The van der Waals surface area contributed by atoms with Gasteiger partial charge in [0.25, 0.3) is 0 Å². The molecular weight excluding hydrogens is 740 g/mol. The quantitative estimate of drug-likeness (QED) is 0.161. The number of hydrogen-bond acceptors (Lipinski definition) is 5. The molecule has 7 heteroatoms.